The van der Waals surface area contributed by atoms with E-state index in [9.17, 15) is 10.1 Å². The molecule has 24 heavy (non-hydrogen) atoms. The Kier molecular flexibility index (Phi) is 3.22. The summed E-state index contributed by atoms with van der Waals surface area (Å²) in [6.45, 7) is 0. The molecule has 2 aromatic heterocycles. The summed E-state index contributed by atoms with van der Waals surface area (Å²) in [6, 6.07) is 12.3. The second-order valence-electron chi connectivity index (χ2n) is 5.20. The fourth-order valence-electron chi connectivity index (χ4n) is 2.83. The molecule has 0 fully saturated rings. The molecular weight excluding hydrogens is 376 g/mol. The molecule has 1 unspecified atom stereocenters. The smallest absolute Gasteiger partial charge is 0.344 e. The highest BCUT2D eigenvalue weighted by molar-refractivity contribution is 9.10. The fraction of sp³-hybridized carbons (Fsp3) is 0.0588. The molecule has 1 aliphatic rings. The minimum absolute atomic E-state index is 0.0572. The summed E-state index contributed by atoms with van der Waals surface area (Å²) >= 11 is 3.22. The number of halogens is 1. The zero-order valence-electron chi connectivity index (χ0n) is 12.1. The molecule has 4 rings (SSSR count). The van der Waals surface area contributed by atoms with Gasteiger partial charge in [0.2, 0.25) is 5.88 Å². The lowest BCUT2D eigenvalue weighted by Gasteiger charge is -2.24. The van der Waals surface area contributed by atoms with Crippen LogP contribution < -0.4 is 16.1 Å². The molecule has 0 saturated carbocycles. The second-order valence-corrected chi connectivity index (χ2v) is 5.98. The molecule has 0 amide bonds. The summed E-state index contributed by atoms with van der Waals surface area (Å²) in [5.74, 6) is -0.159. The van der Waals surface area contributed by atoms with Crippen molar-refractivity contribution < 1.29 is 13.6 Å². The molecule has 0 bridgehead atoms. The third-order valence-electron chi connectivity index (χ3n) is 3.85. The third kappa shape index (κ3) is 2.04. The topological polar surface area (TPSA) is 102 Å². The Morgan fingerprint density at radius 3 is 2.67 bits per heavy atom. The van der Waals surface area contributed by atoms with Crippen LogP contribution in [-0.4, -0.2) is 0 Å². The number of nitrogens with zero attached hydrogens (tertiary/aromatic N) is 1. The highest BCUT2D eigenvalue weighted by Gasteiger charge is 2.37. The number of rotatable bonds is 1. The summed E-state index contributed by atoms with van der Waals surface area (Å²) in [5.41, 5.74) is 6.02. The Morgan fingerprint density at radius 2 is 1.96 bits per heavy atom. The molecule has 3 aromatic rings. The maximum atomic E-state index is 12.6. The van der Waals surface area contributed by atoms with Crippen molar-refractivity contribution in [3.05, 3.63) is 74.3 Å². The van der Waals surface area contributed by atoms with Gasteiger partial charge in [0.25, 0.3) is 0 Å². The SMILES string of the molecule is N#CC1=C(N)Oc2c(c(=O)oc3ccccc23)C1c1ccc(Br)o1. The number of benzene rings is 1. The van der Waals surface area contributed by atoms with Crippen LogP contribution in [0.15, 0.2) is 66.2 Å². The van der Waals surface area contributed by atoms with Crippen molar-refractivity contribution >= 4 is 26.9 Å². The molecule has 0 saturated heterocycles. The average Bonchev–Trinajstić information content (AvgIpc) is 3.00. The maximum Gasteiger partial charge on any atom is 0.344 e. The van der Waals surface area contributed by atoms with Crippen LogP contribution in [0, 0.1) is 11.3 Å². The predicted octanol–water partition coefficient (Wildman–Crippen LogP) is 3.37. The van der Waals surface area contributed by atoms with Crippen molar-refractivity contribution in [2.75, 3.05) is 0 Å². The Labute approximate surface area is 143 Å². The molecule has 0 aliphatic carbocycles. The number of ether oxygens (including phenoxy) is 1. The number of hydrogen-bond acceptors (Lipinski definition) is 6. The number of nitrogens with two attached hydrogens (primary N) is 1. The van der Waals surface area contributed by atoms with E-state index in [2.05, 4.69) is 15.9 Å². The number of furan rings is 1. The highest BCUT2D eigenvalue weighted by atomic mass is 79.9. The zero-order valence-corrected chi connectivity index (χ0v) is 13.7. The van der Waals surface area contributed by atoms with Crippen LogP contribution >= 0.6 is 15.9 Å². The van der Waals surface area contributed by atoms with Crippen LogP contribution in [0.1, 0.15) is 17.2 Å². The molecule has 0 spiro atoms. The lowest BCUT2D eigenvalue weighted by atomic mass is 9.87. The van der Waals surface area contributed by atoms with Crippen LogP contribution in [0.5, 0.6) is 5.75 Å². The van der Waals surface area contributed by atoms with Gasteiger partial charge in [0.1, 0.15) is 23.0 Å². The number of para-hydroxylation sites is 1. The average molecular weight is 385 g/mol. The van der Waals surface area contributed by atoms with Gasteiger partial charge in [-0.3, -0.25) is 0 Å². The van der Waals surface area contributed by atoms with Gasteiger partial charge in [-0.2, -0.15) is 5.26 Å². The van der Waals surface area contributed by atoms with Crippen molar-refractivity contribution in [3.8, 4) is 11.8 Å². The van der Waals surface area contributed by atoms with Gasteiger partial charge in [0.05, 0.1) is 16.9 Å². The Hall–Kier alpha value is -2.98. The Bertz CT molecular complexity index is 1100. The molecular formula is C17H9BrN2O4. The molecule has 1 atom stereocenters. The number of hydrogen-bond donors (Lipinski definition) is 1. The summed E-state index contributed by atoms with van der Waals surface area (Å²) in [6.07, 6.45) is 0. The normalized spacial score (nSPS) is 16.6. The minimum Gasteiger partial charge on any atom is -0.453 e. The van der Waals surface area contributed by atoms with E-state index in [-0.39, 0.29) is 22.8 Å². The van der Waals surface area contributed by atoms with Crippen LogP contribution in [0.2, 0.25) is 0 Å². The first-order valence-electron chi connectivity index (χ1n) is 6.98. The quantitative estimate of drug-likeness (QED) is 0.645. The minimum atomic E-state index is -0.786. The van der Waals surface area contributed by atoms with Crippen molar-refractivity contribution in [2.45, 2.75) is 5.92 Å². The van der Waals surface area contributed by atoms with E-state index >= 15 is 0 Å². The molecule has 2 N–H and O–H groups in total. The maximum absolute atomic E-state index is 12.6. The summed E-state index contributed by atoms with van der Waals surface area (Å²) in [4.78, 5) is 12.6. The van der Waals surface area contributed by atoms with Crippen molar-refractivity contribution in [2.24, 2.45) is 5.73 Å². The molecule has 1 aliphatic heterocycles. The van der Waals surface area contributed by atoms with Gasteiger partial charge in [-0.15, -0.1) is 0 Å². The van der Waals surface area contributed by atoms with Gasteiger partial charge in [-0.05, 0) is 40.2 Å². The van der Waals surface area contributed by atoms with E-state index in [1.54, 1.807) is 36.4 Å². The van der Waals surface area contributed by atoms with Gasteiger partial charge in [-0.1, -0.05) is 12.1 Å². The van der Waals surface area contributed by atoms with Gasteiger partial charge < -0.3 is 19.3 Å². The summed E-state index contributed by atoms with van der Waals surface area (Å²) < 4.78 is 17.0. The van der Waals surface area contributed by atoms with Crippen molar-refractivity contribution in [1.29, 1.82) is 5.26 Å². The lowest BCUT2D eigenvalue weighted by molar-refractivity contribution is 0.376. The summed E-state index contributed by atoms with van der Waals surface area (Å²) in [7, 11) is 0. The second kappa shape index (κ2) is 5.28. The van der Waals surface area contributed by atoms with Crippen molar-refractivity contribution in [1.82, 2.24) is 0 Å². The lowest BCUT2D eigenvalue weighted by Crippen LogP contribution is -2.26. The molecule has 118 valence electrons. The van der Waals surface area contributed by atoms with E-state index in [0.29, 0.717) is 21.4 Å². The van der Waals surface area contributed by atoms with E-state index in [1.807, 2.05) is 6.07 Å². The molecule has 0 radical (unpaired) electrons. The van der Waals surface area contributed by atoms with Crippen molar-refractivity contribution in [3.63, 3.8) is 0 Å². The molecule has 7 heteroatoms. The largest absolute Gasteiger partial charge is 0.453 e. The van der Waals surface area contributed by atoms with Crippen LogP contribution in [0.4, 0.5) is 0 Å². The van der Waals surface area contributed by atoms with Crippen LogP contribution in [-0.2, 0) is 0 Å². The first-order valence-corrected chi connectivity index (χ1v) is 7.78. The third-order valence-corrected chi connectivity index (χ3v) is 4.28. The molecule has 1 aromatic carbocycles. The van der Waals surface area contributed by atoms with Gasteiger partial charge in [-0.25, -0.2) is 4.79 Å². The Balaban J connectivity index is 2.10. The zero-order chi connectivity index (χ0) is 16.8. The van der Waals surface area contributed by atoms with E-state index in [4.69, 9.17) is 19.3 Å². The Morgan fingerprint density at radius 1 is 1.17 bits per heavy atom. The van der Waals surface area contributed by atoms with E-state index < -0.39 is 11.5 Å². The van der Waals surface area contributed by atoms with E-state index in [0.717, 1.165) is 0 Å². The van der Waals surface area contributed by atoms with Gasteiger partial charge in [0.15, 0.2) is 10.4 Å². The van der Waals surface area contributed by atoms with Crippen LogP contribution in [0.25, 0.3) is 11.0 Å². The van der Waals surface area contributed by atoms with Gasteiger partial charge >= 0.3 is 5.63 Å². The number of allylic oxidation sites excluding steroid dienone is 1. The standard InChI is InChI=1S/C17H9BrN2O4/c18-12-6-5-11(22-12)13-9(7-19)16(20)24-15-8-3-1-2-4-10(8)23-17(21)14(13)15/h1-6,13H,20H2. The fourth-order valence-corrected chi connectivity index (χ4v) is 3.15. The molecule has 6 nitrogen and oxygen atoms in total. The monoisotopic (exact) mass is 384 g/mol. The van der Waals surface area contributed by atoms with E-state index in [1.165, 1.54) is 0 Å². The number of nitriles is 1. The molecule has 3 heterocycles. The highest BCUT2D eigenvalue weighted by Crippen LogP contribution is 2.44. The number of fused-ring (bicyclic) bond motifs is 3. The first kappa shape index (κ1) is 14.6. The predicted molar refractivity (Wildman–Crippen MR) is 88.2 cm³/mol. The van der Waals surface area contributed by atoms with Crippen LogP contribution in [0.3, 0.4) is 0 Å². The van der Waals surface area contributed by atoms with Gasteiger partial charge in [0, 0.05) is 0 Å². The summed E-state index contributed by atoms with van der Waals surface area (Å²) in [5, 5.41) is 10.1. The first-order chi connectivity index (χ1) is 11.6.